The Balaban J connectivity index is 1.95. The molecule has 0 saturated heterocycles. The molecule has 17 heavy (non-hydrogen) atoms. The van der Waals surface area contributed by atoms with Crippen LogP contribution in [-0.2, 0) is 0 Å². The molecule has 1 heterocycles. The number of allylic oxidation sites excluding steroid dienone is 1. The standard InChI is InChI=1S/C13H13N3S/c1-11(9-12-5-3-2-4-6-12)10-15-16-13-14-7-8-17-13/h2-10H,1H3,(H,14,16)/b11-9-,15-10-. The number of hydrogen-bond acceptors (Lipinski definition) is 4. The van der Waals surface area contributed by atoms with Gasteiger partial charge in [0.2, 0.25) is 5.13 Å². The molecule has 0 aliphatic heterocycles. The van der Waals surface area contributed by atoms with E-state index in [4.69, 9.17) is 0 Å². The number of anilines is 1. The number of nitrogens with one attached hydrogen (secondary N) is 1. The molecule has 0 spiro atoms. The molecule has 0 radical (unpaired) electrons. The lowest BCUT2D eigenvalue weighted by atomic mass is 10.1. The normalized spacial score (nSPS) is 11.9. The number of benzene rings is 1. The van der Waals surface area contributed by atoms with E-state index >= 15 is 0 Å². The number of aromatic nitrogens is 1. The van der Waals surface area contributed by atoms with Crippen LogP contribution in [0.2, 0.25) is 0 Å². The first-order valence-corrected chi connectivity index (χ1v) is 6.14. The Morgan fingerprint density at radius 2 is 2.18 bits per heavy atom. The van der Waals surface area contributed by atoms with Crippen LogP contribution in [0.25, 0.3) is 6.08 Å². The quantitative estimate of drug-likeness (QED) is 0.657. The first-order valence-electron chi connectivity index (χ1n) is 5.26. The largest absolute Gasteiger partial charge is 0.253 e. The van der Waals surface area contributed by atoms with Gasteiger partial charge in [-0.2, -0.15) is 5.10 Å². The second kappa shape index (κ2) is 5.96. The lowest BCUT2D eigenvalue weighted by Crippen LogP contribution is -1.88. The molecule has 0 aliphatic rings. The average Bonchev–Trinajstić information content (AvgIpc) is 2.83. The molecule has 0 saturated carbocycles. The van der Waals surface area contributed by atoms with Gasteiger partial charge in [0.1, 0.15) is 0 Å². The van der Waals surface area contributed by atoms with E-state index in [2.05, 4.69) is 33.7 Å². The predicted molar refractivity (Wildman–Crippen MR) is 74.3 cm³/mol. The fourth-order valence-corrected chi connectivity index (χ4v) is 1.80. The highest BCUT2D eigenvalue weighted by atomic mass is 32.1. The molecule has 0 bridgehead atoms. The zero-order valence-electron chi connectivity index (χ0n) is 9.50. The van der Waals surface area contributed by atoms with Crippen molar-refractivity contribution < 1.29 is 0 Å². The fourth-order valence-electron chi connectivity index (χ4n) is 1.32. The maximum absolute atomic E-state index is 4.11. The Kier molecular flexibility index (Phi) is 4.05. The first kappa shape index (κ1) is 11.5. The van der Waals surface area contributed by atoms with Crippen molar-refractivity contribution in [2.24, 2.45) is 5.10 Å². The van der Waals surface area contributed by atoms with E-state index in [0.29, 0.717) is 0 Å². The maximum Gasteiger partial charge on any atom is 0.203 e. The Labute approximate surface area is 105 Å². The van der Waals surface area contributed by atoms with Crippen LogP contribution < -0.4 is 5.43 Å². The molecule has 2 aromatic rings. The van der Waals surface area contributed by atoms with Crippen LogP contribution in [0.5, 0.6) is 0 Å². The zero-order chi connectivity index (χ0) is 11.9. The van der Waals surface area contributed by atoms with Crippen molar-refractivity contribution in [1.82, 2.24) is 4.98 Å². The van der Waals surface area contributed by atoms with Crippen LogP contribution in [-0.4, -0.2) is 11.2 Å². The van der Waals surface area contributed by atoms with Gasteiger partial charge in [0.15, 0.2) is 0 Å². The van der Waals surface area contributed by atoms with Crippen LogP contribution in [0.4, 0.5) is 5.13 Å². The third-order valence-electron chi connectivity index (χ3n) is 2.05. The molecular formula is C13H13N3S. The summed E-state index contributed by atoms with van der Waals surface area (Å²) in [6.07, 6.45) is 5.61. The topological polar surface area (TPSA) is 37.3 Å². The highest BCUT2D eigenvalue weighted by molar-refractivity contribution is 7.13. The zero-order valence-corrected chi connectivity index (χ0v) is 10.3. The molecule has 3 nitrogen and oxygen atoms in total. The monoisotopic (exact) mass is 243 g/mol. The van der Waals surface area contributed by atoms with Gasteiger partial charge >= 0.3 is 0 Å². The summed E-state index contributed by atoms with van der Waals surface area (Å²) in [5.41, 5.74) is 5.13. The fraction of sp³-hybridized carbons (Fsp3) is 0.0769. The lowest BCUT2D eigenvalue weighted by molar-refractivity contribution is 1.29. The molecule has 0 fully saturated rings. The SMILES string of the molecule is CC(/C=N\Nc1nccs1)=C/c1ccccc1. The summed E-state index contributed by atoms with van der Waals surface area (Å²) in [7, 11) is 0. The van der Waals surface area contributed by atoms with Gasteiger partial charge in [0.05, 0.1) is 6.21 Å². The minimum absolute atomic E-state index is 0.800. The third kappa shape index (κ3) is 3.85. The van der Waals surface area contributed by atoms with Crippen LogP contribution >= 0.6 is 11.3 Å². The summed E-state index contributed by atoms with van der Waals surface area (Å²) in [4.78, 5) is 4.07. The molecule has 0 amide bonds. The maximum atomic E-state index is 4.11. The van der Waals surface area contributed by atoms with E-state index in [1.807, 2.05) is 30.5 Å². The van der Waals surface area contributed by atoms with Gasteiger partial charge in [-0.1, -0.05) is 36.4 Å². The molecular weight excluding hydrogens is 230 g/mol. The van der Waals surface area contributed by atoms with Gasteiger partial charge in [0.25, 0.3) is 0 Å². The molecule has 0 aliphatic carbocycles. The van der Waals surface area contributed by atoms with E-state index in [9.17, 15) is 0 Å². The summed E-state index contributed by atoms with van der Waals surface area (Å²) >= 11 is 1.52. The smallest absolute Gasteiger partial charge is 0.203 e. The minimum atomic E-state index is 0.800. The Bertz CT molecular complexity index is 501. The number of hydrogen-bond donors (Lipinski definition) is 1. The molecule has 1 aromatic carbocycles. The van der Waals surface area contributed by atoms with Crippen molar-refractivity contribution in [2.45, 2.75) is 6.92 Å². The van der Waals surface area contributed by atoms with E-state index in [0.717, 1.165) is 10.7 Å². The van der Waals surface area contributed by atoms with Crippen LogP contribution in [0.1, 0.15) is 12.5 Å². The molecule has 1 N–H and O–H groups in total. The highest BCUT2D eigenvalue weighted by Crippen LogP contribution is 2.10. The summed E-state index contributed by atoms with van der Waals surface area (Å²) in [5, 5.41) is 6.82. The van der Waals surface area contributed by atoms with E-state index in [1.54, 1.807) is 12.4 Å². The van der Waals surface area contributed by atoms with Crippen molar-refractivity contribution in [3.63, 3.8) is 0 Å². The van der Waals surface area contributed by atoms with Gasteiger partial charge in [-0.25, -0.2) is 4.98 Å². The molecule has 86 valence electrons. The summed E-state index contributed by atoms with van der Waals surface area (Å²) in [5.74, 6) is 0. The summed E-state index contributed by atoms with van der Waals surface area (Å²) < 4.78 is 0. The van der Waals surface area contributed by atoms with Crippen LogP contribution in [0.15, 0.2) is 52.6 Å². The summed E-state index contributed by atoms with van der Waals surface area (Å²) in [6, 6.07) is 10.2. The first-order chi connectivity index (χ1) is 8.34. The van der Waals surface area contributed by atoms with E-state index < -0.39 is 0 Å². The van der Waals surface area contributed by atoms with Crippen molar-refractivity contribution in [1.29, 1.82) is 0 Å². The molecule has 0 atom stereocenters. The second-order valence-electron chi connectivity index (χ2n) is 3.51. The number of nitrogens with zero attached hydrogens (tertiary/aromatic N) is 2. The predicted octanol–water partition coefficient (Wildman–Crippen LogP) is 3.64. The molecule has 1 aromatic heterocycles. The van der Waals surface area contributed by atoms with E-state index in [-0.39, 0.29) is 0 Å². The summed E-state index contributed by atoms with van der Waals surface area (Å²) in [6.45, 7) is 2.01. The highest BCUT2D eigenvalue weighted by Gasteiger charge is 1.90. The second-order valence-corrected chi connectivity index (χ2v) is 4.40. The molecule has 0 unspecified atom stereocenters. The third-order valence-corrected chi connectivity index (χ3v) is 2.73. The van der Waals surface area contributed by atoms with Crippen molar-refractivity contribution >= 4 is 28.8 Å². The number of hydrazone groups is 1. The van der Waals surface area contributed by atoms with Crippen LogP contribution in [0.3, 0.4) is 0 Å². The van der Waals surface area contributed by atoms with Crippen molar-refractivity contribution in [3.8, 4) is 0 Å². The number of thiazole rings is 1. The minimum Gasteiger partial charge on any atom is -0.253 e. The Morgan fingerprint density at radius 1 is 1.35 bits per heavy atom. The van der Waals surface area contributed by atoms with Gasteiger partial charge in [-0.05, 0) is 18.1 Å². The van der Waals surface area contributed by atoms with Gasteiger partial charge in [-0.15, -0.1) is 11.3 Å². The lowest BCUT2D eigenvalue weighted by Gasteiger charge is -1.95. The number of rotatable bonds is 4. The van der Waals surface area contributed by atoms with Crippen LogP contribution in [0, 0.1) is 0 Å². The molecule has 4 heteroatoms. The average molecular weight is 243 g/mol. The van der Waals surface area contributed by atoms with Crippen molar-refractivity contribution in [2.75, 3.05) is 5.43 Å². The Morgan fingerprint density at radius 3 is 2.88 bits per heavy atom. The van der Waals surface area contributed by atoms with Gasteiger partial charge < -0.3 is 0 Å². The van der Waals surface area contributed by atoms with Crippen molar-refractivity contribution in [3.05, 3.63) is 53.0 Å². The van der Waals surface area contributed by atoms with Gasteiger partial charge in [0, 0.05) is 11.6 Å². The van der Waals surface area contributed by atoms with Gasteiger partial charge in [-0.3, -0.25) is 5.43 Å². The Hall–Kier alpha value is -1.94. The molecule has 2 rings (SSSR count). The van der Waals surface area contributed by atoms with E-state index in [1.165, 1.54) is 16.9 Å².